The number of carbonyl (C=O) groups is 1. The van der Waals surface area contributed by atoms with E-state index >= 15 is 0 Å². The second-order valence-electron chi connectivity index (χ2n) is 6.31. The monoisotopic (exact) mass is 389 g/mol. The van der Waals surface area contributed by atoms with Crippen LogP contribution in [0, 0.1) is 11.3 Å². The first-order valence-corrected chi connectivity index (χ1v) is 8.70. The minimum Gasteiger partial charge on any atom is -0.482 e. The highest BCUT2D eigenvalue weighted by atomic mass is 19.4. The van der Waals surface area contributed by atoms with Crippen LogP contribution >= 0.6 is 0 Å². The number of halogens is 3. The molecule has 3 rings (SSSR count). The van der Waals surface area contributed by atoms with Crippen LogP contribution in [0.1, 0.15) is 11.1 Å². The SMILES string of the molecule is N#Cc1ccccc1OCC(=O)N1CCN(c2cccc(C(F)(F)F)c2)CC1. The van der Waals surface area contributed by atoms with Crippen molar-refractivity contribution >= 4 is 11.6 Å². The summed E-state index contributed by atoms with van der Waals surface area (Å²) in [4.78, 5) is 15.8. The van der Waals surface area contributed by atoms with Crippen LogP contribution < -0.4 is 9.64 Å². The van der Waals surface area contributed by atoms with E-state index in [4.69, 9.17) is 10.00 Å². The summed E-state index contributed by atoms with van der Waals surface area (Å²) in [6.07, 6.45) is -4.38. The van der Waals surface area contributed by atoms with E-state index in [1.165, 1.54) is 6.07 Å². The first kappa shape index (κ1) is 19.5. The maximum Gasteiger partial charge on any atom is 0.416 e. The second kappa shape index (κ2) is 8.21. The largest absolute Gasteiger partial charge is 0.482 e. The average molecular weight is 389 g/mol. The van der Waals surface area contributed by atoms with Gasteiger partial charge in [-0.1, -0.05) is 18.2 Å². The molecule has 146 valence electrons. The van der Waals surface area contributed by atoms with Gasteiger partial charge in [-0.05, 0) is 30.3 Å². The Labute approximate surface area is 160 Å². The van der Waals surface area contributed by atoms with Crippen LogP contribution in [0.2, 0.25) is 0 Å². The molecule has 1 heterocycles. The van der Waals surface area contributed by atoms with Crippen molar-refractivity contribution in [1.82, 2.24) is 4.90 Å². The van der Waals surface area contributed by atoms with Crippen molar-refractivity contribution in [3.63, 3.8) is 0 Å². The number of hydrogen-bond donors (Lipinski definition) is 0. The van der Waals surface area contributed by atoms with Crippen molar-refractivity contribution in [2.24, 2.45) is 0 Å². The summed E-state index contributed by atoms with van der Waals surface area (Å²) in [5, 5.41) is 9.04. The predicted molar refractivity (Wildman–Crippen MR) is 96.9 cm³/mol. The molecular formula is C20H18F3N3O2. The summed E-state index contributed by atoms with van der Waals surface area (Å²) in [5.74, 6) is 0.123. The molecule has 0 N–H and O–H groups in total. The van der Waals surface area contributed by atoms with Crippen LogP contribution in [-0.2, 0) is 11.0 Å². The van der Waals surface area contributed by atoms with Crippen molar-refractivity contribution in [2.75, 3.05) is 37.7 Å². The molecule has 1 fully saturated rings. The molecule has 1 aliphatic rings. The zero-order valence-electron chi connectivity index (χ0n) is 14.9. The number of amides is 1. The van der Waals surface area contributed by atoms with Crippen LogP contribution in [-0.4, -0.2) is 43.6 Å². The number of carbonyl (C=O) groups excluding carboxylic acids is 1. The van der Waals surface area contributed by atoms with Gasteiger partial charge >= 0.3 is 6.18 Å². The van der Waals surface area contributed by atoms with Crippen LogP contribution in [0.3, 0.4) is 0 Å². The van der Waals surface area contributed by atoms with Crippen molar-refractivity contribution in [3.8, 4) is 11.8 Å². The van der Waals surface area contributed by atoms with Gasteiger partial charge in [0.15, 0.2) is 6.61 Å². The first-order valence-electron chi connectivity index (χ1n) is 8.70. The highest BCUT2D eigenvalue weighted by Crippen LogP contribution is 2.31. The third-order valence-electron chi connectivity index (χ3n) is 4.53. The summed E-state index contributed by atoms with van der Waals surface area (Å²) < 4.78 is 44.1. The van der Waals surface area contributed by atoms with Gasteiger partial charge in [-0.3, -0.25) is 4.79 Å². The molecule has 28 heavy (non-hydrogen) atoms. The van der Waals surface area contributed by atoms with E-state index in [1.807, 2.05) is 11.0 Å². The summed E-state index contributed by atoms with van der Waals surface area (Å²) in [7, 11) is 0. The Hall–Kier alpha value is -3.21. The summed E-state index contributed by atoms with van der Waals surface area (Å²) in [6, 6.07) is 13.8. The molecular weight excluding hydrogens is 371 g/mol. The van der Waals surface area contributed by atoms with Crippen molar-refractivity contribution in [1.29, 1.82) is 5.26 Å². The van der Waals surface area contributed by atoms with E-state index in [0.717, 1.165) is 12.1 Å². The molecule has 0 aromatic heterocycles. The molecule has 1 saturated heterocycles. The molecule has 0 spiro atoms. The van der Waals surface area contributed by atoms with Gasteiger partial charge in [-0.2, -0.15) is 18.4 Å². The van der Waals surface area contributed by atoms with E-state index < -0.39 is 11.7 Å². The topological polar surface area (TPSA) is 56.6 Å². The Bertz CT molecular complexity index is 885. The normalized spacial score (nSPS) is 14.5. The Kier molecular flexibility index (Phi) is 5.73. The minimum atomic E-state index is -4.38. The maximum atomic E-state index is 12.9. The van der Waals surface area contributed by atoms with Gasteiger partial charge in [0.2, 0.25) is 0 Å². The number of ether oxygens (including phenoxy) is 1. The zero-order valence-corrected chi connectivity index (χ0v) is 14.9. The number of para-hydroxylation sites is 1. The second-order valence-corrected chi connectivity index (χ2v) is 6.31. The van der Waals surface area contributed by atoms with Crippen molar-refractivity contribution in [3.05, 3.63) is 59.7 Å². The molecule has 8 heteroatoms. The van der Waals surface area contributed by atoms with Crippen LogP contribution in [0.5, 0.6) is 5.75 Å². The fraction of sp³-hybridized carbons (Fsp3) is 0.300. The van der Waals surface area contributed by atoms with Crippen molar-refractivity contribution < 1.29 is 22.7 Å². The molecule has 2 aromatic rings. The number of nitriles is 1. The highest BCUT2D eigenvalue weighted by Gasteiger charge is 2.31. The number of rotatable bonds is 4. The maximum absolute atomic E-state index is 12.9. The van der Waals surface area contributed by atoms with E-state index in [1.54, 1.807) is 35.2 Å². The summed E-state index contributed by atoms with van der Waals surface area (Å²) in [6.45, 7) is 1.45. The predicted octanol–water partition coefficient (Wildman–Crippen LogP) is 3.30. The molecule has 0 radical (unpaired) electrons. The fourth-order valence-electron chi connectivity index (χ4n) is 3.01. The number of hydrogen-bond acceptors (Lipinski definition) is 4. The molecule has 0 bridgehead atoms. The van der Waals surface area contributed by atoms with E-state index in [2.05, 4.69) is 0 Å². The molecule has 0 unspecified atom stereocenters. The lowest BCUT2D eigenvalue weighted by atomic mass is 10.1. The molecule has 1 aliphatic heterocycles. The average Bonchev–Trinajstić information content (AvgIpc) is 2.72. The molecule has 0 aliphatic carbocycles. The van der Waals surface area contributed by atoms with Gasteiger partial charge in [0.1, 0.15) is 11.8 Å². The third-order valence-corrected chi connectivity index (χ3v) is 4.53. The van der Waals surface area contributed by atoms with Gasteiger partial charge in [0.25, 0.3) is 5.91 Å². The molecule has 5 nitrogen and oxygen atoms in total. The quantitative estimate of drug-likeness (QED) is 0.805. The van der Waals surface area contributed by atoms with Crippen LogP contribution in [0.4, 0.5) is 18.9 Å². The van der Waals surface area contributed by atoms with E-state index in [0.29, 0.717) is 43.2 Å². The van der Waals surface area contributed by atoms with Gasteiger partial charge in [0, 0.05) is 31.9 Å². The first-order chi connectivity index (χ1) is 13.4. The van der Waals surface area contributed by atoms with Gasteiger partial charge in [-0.15, -0.1) is 0 Å². The Morgan fingerprint density at radius 2 is 1.79 bits per heavy atom. The van der Waals surface area contributed by atoms with Gasteiger partial charge < -0.3 is 14.5 Å². The number of alkyl halides is 3. The summed E-state index contributed by atoms with van der Waals surface area (Å²) in [5.41, 5.74) is 0.152. The Morgan fingerprint density at radius 1 is 1.07 bits per heavy atom. The molecule has 1 amide bonds. The Balaban J connectivity index is 1.55. The fourth-order valence-corrected chi connectivity index (χ4v) is 3.01. The van der Waals surface area contributed by atoms with E-state index in [-0.39, 0.29) is 12.5 Å². The van der Waals surface area contributed by atoms with Crippen LogP contribution in [0.15, 0.2) is 48.5 Å². The zero-order chi connectivity index (χ0) is 20.1. The number of benzene rings is 2. The number of anilines is 1. The molecule has 0 saturated carbocycles. The van der Waals surface area contributed by atoms with Gasteiger partial charge in [-0.25, -0.2) is 0 Å². The van der Waals surface area contributed by atoms with Crippen LogP contribution in [0.25, 0.3) is 0 Å². The van der Waals surface area contributed by atoms with Crippen molar-refractivity contribution in [2.45, 2.75) is 6.18 Å². The van der Waals surface area contributed by atoms with Gasteiger partial charge in [0.05, 0.1) is 11.1 Å². The Morgan fingerprint density at radius 3 is 2.46 bits per heavy atom. The lowest BCUT2D eigenvalue weighted by Gasteiger charge is -2.36. The third kappa shape index (κ3) is 4.55. The highest BCUT2D eigenvalue weighted by molar-refractivity contribution is 5.78. The lowest BCUT2D eigenvalue weighted by molar-refractivity contribution is -0.137. The number of nitrogens with zero attached hydrogens (tertiary/aromatic N) is 3. The number of piperazine rings is 1. The van der Waals surface area contributed by atoms with E-state index in [9.17, 15) is 18.0 Å². The summed E-state index contributed by atoms with van der Waals surface area (Å²) >= 11 is 0. The lowest BCUT2D eigenvalue weighted by Crippen LogP contribution is -2.50. The minimum absolute atomic E-state index is 0.192. The smallest absolute Gasteiger partial charge is 0.416 e. The molecule has 0 atom stereocenters. The standard InChI is InChI=1S/C20H18F3N3O2/c21-20(22,23)16-5-3-6-17(12-16)25-8-10-26(11-9-25)19(27)14-28-18-7-2-1-4-15(18)13-24/h1-7,12H,8-11,14H2. The molecule has 2 aromatic carbocycles.